The third-order valence-corrected chi connectivity index (χ3v) is 9.93. The smallest absolute Gasteiger partial charge is 0.214 e. The fourth-order valence-electron chi connectivity index (χ4n) is 6.41. The zero-order valence-electron chi connectivity index (χ0n) is 20.3. The molecule has 2 saturated heterocycles. The minimum atomic E-state index is -3.92. The van der Waals surface area contributed by atoms with E-state index in [2.05, 4.69) is 35.0 Å². The summed E-state index contributed by atoms with van der Waals surface area (Å²) in [6, 6.07) is 0. The Hall–Kier alpha value is -0.300. The Morgan fingerprint density at radius 2 is 1.66 bits per heavy atom. The first-order valence-electron chi connectivity index (χ1n) is 11.4. The van der Waals surface area contributed by atoms with Crippen molar-refractivity contribution in [2.45, 2.75) is 57.8 Å². The van der Waals surface area contributed by atoms with Gasteiger partial charge in [0.25, 0.3) is 0 Å². The number of ether oxygens (including phenoxy) is 2. The molecule has 0 amide bonds. The molecule has 2 aliphatic heterocycles. The quantitative estimate of drug-likeness (QED) is 0.415. The normalized spacial score (nSPS) is 37.1. The van der Waals surface area contributed by atoms with E-state index < -0.39 is 31.3 Å². The molecule has 11 heteroatoms. The van der Waals surface area contributed by atoms with Gasteiger partial charge < -0.3 is 18.5 Å². The minimum absolute atomic E-state index is 0.0338. The minimum Gasteiger partial charge on any atom is -0.748 e. The van der Waals surface area contributed by atoms with Crippen molar-refractivity contribution in [3.63, 3.8) is 0 Å². The Labute approximate surface area is 193 Å². The topological polar surface area (TPSA) is 113 Å². The maximum absolute atomic E-state index is 13.3. The molecule has 9 nitrogen and oxygen atoms in total. The van der Waals surface area contributed by atoms with E-state index in [1.807, 2.05) is 0 Å². The van der Waals surface area contributed by atoms with Crippen LogP contribution in [0.2, 0.25) is 0 Å². The first-order valence-corrected chi connectivity index (χ1v) is 14.8. The van der Waals surface area contributed by atoms with Gasteiger partial charge in [0, 0.05) is 31.2 Å². The first-order chi connectivity index (χ1) is 14.4. The summed E-state index contributed by atoms with van der Waals surface area (Å²) in [6.07, 6.45) is 5.39. The van der Waals surface area contributed by atoms with Crippen LogP contribution in [0, 0.1) is 16.7 Å². The number of hydrogen-bond acceptors (Lipinski definition) is 7. The van der Waals surface area contributed by atoms with Crippen LogP contribution in [0.15, 0.2) is 0 Å². The predicted molar refractivity (Wildman–Crippen MR) is 120 cm³/mol. The first kappa shape index (κ1) is 26.3. The highest BCUT2D eigenvalue weighted by atomic mass is 32.2. The number of fused-ring (bicyclic) bond motifs is 3. The van der Waals surface area contributed by atoms with E-state index in [-0.39, 0.29) is 17.3 Å². The van der Waals surface area contributed by atoms with Gasteiger partial charge in [-0.3, -0.25) is 0 Å². The molecular formula is C21H40N2O7S2. The zero-order chi connectivity index (χ0) is 24.2. The number of sulfonamides is 1. The van der Waals surface area contributed by atoms with E-state index in [4.69, 9.17) is 22.4 Å². The molecule has 4 atom stereocenters. The highest BCUT2D eigenvalue weighted by Crippen LogP contribution is 2.72. The maximum atomic E-state index is 13.3. The van der Waals surface area contributed by atoms with Crippen molar-refractivity contribution in [1.29, 1.82) is 0 Å². The maximum Gasteiger partial charge on any atom is 0.214 e. The van der Waals surface area contributed by atoms with Gasteiger partial charge in [0.1, 0.15) is 12.6 Å². The molecule has 2 heterocycles. The van der Waals surface area contributed by atoms with Crippen LogP contribution in [-0.4, -0.2) is 101 Å². The predicted octanol–water partition coefficient (Wildman–Crippen LogP) is 1.22. The summed E-state index contributed by atoms with van der Waals surface area (Å²) in [5.41, 5.74) is -0.545. The van der Waals surface area contributed by atoms with Crippen LogP contribution in [0.4, 0.5) is 0 Å². The number of likely N-dealkylation sites (N-methyl/N-ethyl adjacent to an activating group) is 1. The summed E-state index contributed by atoms with van der Waals surface area (Å²) in [7, 11) is -0.743. The van der Waals surface area contributed by atoms with Gasteiger partial charge in [-0.25, -0.2) is 21.1 Å². The summed E-state index contributed by atoms with van der Waals surface area (Å²) in [5, 5.41) is 0. The second kappa shape index (κ2) is 8.42. The number of hydrogen-bond donors (Lipinski definition) is 0. The van der Waals surface area contributed by atoms with Crippen LogP contribution < -0.4 is 0 Å². The summed E-state index contributed by atoms with van der Waals surface area (Å²) in [4.78, 5) is 0. The van der Waals surface area contributed by atoms with Crippen molar-refractivity contribution in [3.8, 4) is 0 Å². The molecule has 4 rings (SSSR count). The average molecular weight is 497 g/mol. The van der Waals surface area contributed by atoms with Crippen molar-refractivity contribution in [3.05, 3.63) is 0 Å². The summed E-state index contributed by atoms with van der Waals surface area (Å²) >= 11 is 0. The molecule has 0 N–H and O–H groups in total. The Morgan fingerprint density at radius 3 is 2.16 bits per heavy atom. The summed E-state index contributed by atoms with van der Waals surface area (Å²) < 4.78 is 69.5. The molecule has 0 aromatic heterocycles. The third kappa shape index (κ3) is 5.04. The van der Waals surface area contributed by atoms with Crippen molar-refractivity contribution in [2.24, 2.45) is 16.7 Å². The summed E-state index contributed by atoms with van der Waals surface area (Å²) in [6.45, 7) is 7.28. The fraction of sp³-hybridized carbons (Fsp3) is 1.00. The zero-order valence-corrected chi connectivity index (χ0v) is 21.9. The second-order valence-electron chi connectivity index (χ2n) is 11.6. The van der Waals surface area contributed by atoms with Crippen LogP contribution >= 0.6 is 0 Å². The molecule has 0 aromatic rings. The lowest BCUT2D eigenvalue weighted by Crippen LogP contribution is -2.56. The summed E-state index contributed by atoms with van der Waals surface area (Å²) in [5.74, 6) is -0.0960. The Bertz CT molecular complexity index is 899. The molecule has 188 valence electrons. The van der Waals surface area contributed by atoms with Gasteiger partial charge in [-0.1, -0.05) is 13.8 Å². The highest BCUT2D eigenvalue weighted by molar-refractivity contribution is 7.89. The fourth-order valence-corrected chi connectivity index (χ4v) is 8.77. The van der Waals surface area contributed by atoms with Gasteiger partial charge in [-0.05, 0) is 37.0 Å². The number of rotatable bonds is 5. The van der Waals surface area contributed by atoms with Gasteiger partial charge in [0.15, 0.2) is 5.79 Å². The van der Waals surface area contributed by atoms with Gasteiger partial charge in [-0.2, -0.15) is 0 Å². The Kier molecular flexibility index (Phi) is 6.92. The van der Waals surface area contributed by atoms with E-state index in [1.54, 1.807) is 4.31 Å². The van der Waals surface area contributed by atoms with Gasteiger partial charge in [0.05, 0.1) is 43.6 Å². The average Bonchev–Trinajstić information content (AvgIpc) is 3.31. The second-order valence-corrected chi connectivity index (χ2v) is 15.0. The van der Waals surface area contributed by atoms with Gasteiger partial charge in [-0.15, -0.1) is 0 Å². The molecule has 4 aliphatic rings. The molecule has 2 saturated carbocycles. The van der Waals surface area contributed by atoms with E-state index >= 15 is 0 Å². The largest absolute Gasteiger partial charge is 0.748 e. The van der Waals surface area contributed by atoms with Gasteiger partial charge >= 0.3 is 0 Å². The van der Waals surface area contributed by atoms with Crippen molar-refractivity contribution in [2.75, 3.05) is 59.4 Å². The lowest BCUT2D eigenvalue weighted by Gasteiger charge is -2.47. The van der Waals surface area contributed by atoms with Crippen molar-refractivity contribution >= 4 is 20.1 Å². The van der Waals surface area contributed by atoms with Gasteiger partial charge in [0.2, 0.25) is 10.0 Å². The Balaban J connectivity index is 0.000000523. The lowest BCUT2D eigenvalue weighted by molar-refractivity contribution is -0.873. The molecule has 0 radical (unpaired) electrons. The van der Waals surface area contributed by atoms with E-state index in [0.717, 1.165) is 43.1 Å². The van der Waals surface area contributed by atoms with E-state index in [1.165, 1.54) is 0 Å². The van der Waals surface area contributed by atoms with Crippen LogP contribution in [0.1, 0.15) is 46.0 Å². The molecular weight excluding hydrogens is 456 g/mol. The highest BCUT2D eigenvalue weighted by Gasteiger charge is 2.76. The lowest BCUT2D eigenvalue weighted by atomic mass is 9.68. The molecule has 0 unspecified atom stereocenters. The van der Waals surface area contributed by atoms with Crippen LogP contribution in [-0.2, 0) is 29.6 Å². The standard InChI is InChI=1S/C20H37N2O4S.CH4O3S/c1-18(2)16-8-9-19(18,15-27(23,24)21-10-6-7-11-21)20(12-16)25-14-17(26-20)13-22(3,4)5;1-5(2,3)4/h16-17H,6-15H2,1-5H3;1H3,(H,2,3,4)/q+1;/p-1/t16-,17-,19+,20+;/m0./s1. The number of quaternary nitrogens is 1. The monoisotopic (exact) mass is 496 g/mol. The van der Waals surface area contributed by atoms with E-state index in [0.29, 0.717) is 31.9 Å². The van der Waals surface area contributed by atoms with E-state index in [9.17, 15) is 8.42 Å². The van der Waals surface area contributed by atoms with Crippen molar-refractivity contribution < 1.29 is 35.3 Å². The van der Waals surface area contributed by atoms with Crippen LogP contribution in [0.5, 0.6) is 0 Å². The SMILES string of the molecule is CC1(C)[C@H]2CC[C@]1(CS(=O)(=O)N1CCCC1)[C@]1(C2)OC[C@H](C[N+](C)(C)C)O1.CS(=O)(=O)[O-]. The van der Waals surface area contributed by atoms with Crippen LogP contribution in [0.3, 0.4) is 0 Å². The molecule has 2 bridgehead atoms. The molecule has 2 aliphatic carbocycles. The Morgan fingerprint density at radius 1 is 1.09 bits per heavy atom. The molecule has 32 heavy (non-hydrogen) atoms. The van der Waals surface area contributed by atoms with Crippen LogP contribution in [0.25, 0.3) is 0 Å². The number of nitrogens with zero attached hydrogens (tertiary/aromatic N) is 2. The van der Waals surface area contributed by atoms with Crippen molar-refractivity contribution in [1.82, 2.24) is 4.31 Å². The third-order valence-electron chi connectivity index (χ3n) is 7.92. The molecule has 0 aromatic carbocycles. The molecule has 4 fully saturated rings. The molecule has 1 spiro atoms.